The monoisotopic (exact) mass is 539 g/mol. The lowest BCUT2D eigenvalue weighted by Crippen LogP contribution is -2.49. The normalized spacial score (nSPS) is 19.3. The Labute approximate surface area is 224 Å². The summed E-state index contributed by atoms with van der Waals surface area (Å²) in [5, 5.41) is 4.28. The van der Waals surface area contributed by atoms with Crippen LogP contribution in [0.1, 0.15) is 35.2 Å². The molecule has 2 N–H and O–H groups in total. The van der Waals surface area contributed by atoms with E-state index in [0.717, 1.165) is 29.7 Å². The highest BCUT2D eigenvalue weighted by Gasteiger charge is 2.34. The molecule has 0 bridgehead atoms. The molecule has 2 amide bonds. The van der Waals surface area contributed by atoms with Crippen LogP contribution in [0.25, 0.3) is 11.1 Å². The lowest BCUT2D eigenvalue weighted by Gasteiger charge is -2.34. The molecule has 200 valence electrons. The van der Waals surface area contributed by atoms with Gasteiger partial charge in [0.2, 0.25) is 11.8 Å². The fraction of sp³-hybridized carbons (Fsp3) is 0.407. The number of hydrogen-bond acceptors (Lipinski definition) is 7. The summed E-state index contributed by atoms with van der Waals surface area (Å²) in [4.78, 5) is 30.8. The van der Waals surface area contributed by atoms with Gasteiger partial charge in [0.1, 0.15) is 17.4 Å². The van der Waals surface area contributed by atoms with E-state index >= 15 is 4.39 Å². The first kappa shape index (κ1) is 26.0. The lowest BCUT2D eigenvalue weighted by molar-refractivity contribution is -0.134. The smallest absolute Gasteiger partial charge is 0.254 e. The van der Waals surface area contributed by atoms with Gasteiger partial charge in [-0.3, -0.25) is 14.3 Å². The number of benzene rings is 1. The Morgan fingerprint density at radius 1 is 1.13 bits per heavy atom. The number of halogens is 1. The van der Waals surface area contributed by atoms with Gasteiger partial charge in [-0.25, -0.2) is 9.37 Å². The molecule has 2 atom stereocenters. The number of amides is 2. The molecule has 5 rings (SSSR count). The SMILES string of the molecule is CSCn1cc(-c2cnc(OC3CCN(C(=O)Cc4ccc(OC5CC5)cc4)CC3F)c(C(N)=O)c2)cn1. The van der Waals surface area contributed by atoms with Gasteiger partial charge in [0.25, 0.3) is 5.91 Å². The van der Waals surface area contributed by atoms with Crippen LogP contribution in [0.3, 0.4) is 0 Å². The van der Waals surface area contributed by atoms with E-state index in [9.17, 15) is 9.59 Å². The number of thioether (sulfide) groups is 1. The van der Waals surface area contributed by atoms with E-state index in [0.29, 0.717) is 24.1 Å². The van der Waals surface area contributed by atoms with E-state index in [1.54, 1.807) is 34.9 Å². The standard InChI is InChI=1S/C27H30FN5O4S/c1-38-16-33-14-19(13-31-33)18-11-22(26(29)35)27(30-12-18)37-24-8-9-32(15-23(24)28)25(34)10-17-2-4-20(5-3-17)36-21-6-7-21/h2-5,11-14,21,23-24H,6-10,15-16H2,1H3,(H2,29,35). The predicted octanol–water partition coefficient (Wildman–Crippen LogP) is 3.47. The molecule has 1 aliphatic heterocycles. The lowest BCUT2D eigenvalue weighted by atomic mass is 10.0. The summed E-state index contributed by atoms with van der Waals surface area (Å²) < 4.78 is 28.5. The van der Waals surface area contributed by atoms with Crippen LogP contribution in [-0.4, -0.2) is 69.2 Å². The van der Waals surface area contributed by atoms with Crippen LogP contribution >= 0.6 is 11.8 Å². The number of aromatic nitrogens is 3. The van der Waals surface area contributed by atoms with Crippen molar-refractivity contribution in [2.24, 2.45) is 5.73 Å². The van der Waals surface area contributed by atoms with Crippen molar-refractivity contribution >= 4 is 23.6 Å². The average molecular weight is 540 g/mol. The molecule has 1 saturated carbocycles. The van der Waals surface area contributed by atoms with Gasteiger partial charge in [-0.05, 0) is 42.9 Å². The predicted molar refractivity (Wildman–Crippen MR) is 142 cm³/mol. The zero-order valence-corrected chi connectivity index (χ0v) is 21.9. The third-order valence-electron chi connectivity index (χ3n) is 6.55. The van der Waals surface area contributed by atoms with Gasteiger partial charge in [0, 0.05) is 36.5 Å². The van der Waals surface area contributed by atoms with Gasteiger partial charge in [-0.2, -0.15) is 5.10 Å². The minimum absolute atomic E-state index is 0.0151. The second-order valence-corrected chi connectivity index (χ2v) is 10.4. The second-order valence-electron chi connectivity index (χ2n) is 9.57. The van der Waals surface area contributed by atoms with Crippen LogP contribution in [-0.2, 0) is 17.1 Å². The highest BCUT2D eigenvalue weighted by atomic mass is 32.2. The molecule has 3 heterocycles. The van der Waals surface area contributed by atoms with E-state index in [2.05, 4.69) is 10.1 Å². The highest BCUT2D eigenvalue weighted by Crippen LogP contribution is 2.29. The maximum absolute atomic E-state index is 15.1. The molecular formula is C27H30FN5O4S. The van der Waals surface area contributed by atoms with Gasteiger partial charge >= 0.3 is 0 Å². The van der Waals surface area contributed by atoms with E-state index in [1.807, 2.05) is 36.7 Å². The number of pyridine rings is 1. The second kappa shape index (κ2) is 11.4. The number of carbonyl (C=O) groups is 2. The minimum atomic E-state index is -1.44. The number of piperidine rings is 1. The quantitative estimate of drug-likeness (QED) is 0.420. The van der Waals surface area contributed by atoms with Crippen molar-refractivity contribution in [3.05, 3.63) is 60.0 Å². The van der Waals surface area contributed by atoms with E-state index < -0.39 is 18.2 Å². The van der Waals surface area contributed by atoms with Crippen LogP contribution in [0.4, 0.5) is 4.39 Å². The molecule has 1 aliphatic carbocycles. The molecule has 0 radical (unpaired) electrons. The Kier molecular flexibility index (Phi) is 7.82. The Balaban J connectivity index is 1.19. The molecule has 1 aromatic carbocycles. The number of rotatable bonds is 10. The average Bonchev–Trinajstić information content (AvgIpc) is 3.60. The first-order valence-corrected chi connectivity index (χ1v) is 13.9. The van der Waals surface area contributed by atoms with Crippen molar-refractivity contribution in [3.8, 4) is 22.8 Å². The molecule has 2 aromatic heterocycles. The molecule has 2 aliphatic rings. The maximum atomic E-state index is 15.1. The summed E-state index contributed by atoms with van der Waals surface area (Å²) in [6.45, 7) is 0.246. The van der Waals surface area contributed by atoms with Gasteiger partial charge in [-0.15, -0.1) is 11.8 Å². The summed E-state index contributed by atoms with van der Waals surface area (Å²) in [6.07, 6.45) is 7.70. The summed E-state index contributed by atoms with van der Waals surface area (Å²) >= 11 is 1.63. The topological polar surface area (TPSA) is 113 Å². The summed E-state index contributed by atoms with van der Waals surface area (Å²) in [5.74, 6) is 0.608. The molecule has 9 nitrogen and oxygen atoms in total. The molecule has 3 aromatic rings. The van der Waals surface area contributed by atoms with Crippen molar-refractivity contribution < 1.29 is 23.5 Å². The fourth-order valence-electron chi connectivity index (χ4n) is 4.33. The highest BCUT2D eigenvalue weighted by molar-refractivity contribution is 7.97. The maximum Gasteiger partial charge on any atom is 0.254 e. The molecule has 2 fully saturated rings. The van der Waals surface area contributed by atoms with Crippen molar-refractivity contribution in [2.75, 3.05) is 19.3 Å². The molecule has 38 heavy (non-hydrogen) atoms. The Hall–Kier alpha value is -3.60. The van der Waals surface area contributed by atoms with Crippen molar-refractivity contribution in [1.29, 1.82) is 0 Å². The van der Waals surface area contributed by atoms with Crippen molar-refractivity contribution in [1.82, 2.24) is 19.7 Å². The van der Waals surface area contributed by atoms with Gasteiger partial charge in [0.05, 0.1) is 31.1 Å². The first-order chi connectivity index (χ1) is 18.4. The molecule has 2 unspecified atom stereocenters. The Morgan fingerprint density at radius 3 is 2.61 bits per heavy atom. The van der Waals surface area contributed by atoms with Crippen LogP contribution < -0.4 is 15.2 Å². The number of alkyl halides is 1. The van der Waals surface area contributed by atoms with Crippen LogP contribution in [0.2, 0.25) is 0 Å². The van der Waals surface area contributed by atoms with Crippen molar-refractivity contribution in [2.45, 2.75) is 49.9 Å². The number of primary amides is 1. The zero-order chi connectivity index (χ0) is 26.6. The van der Waals surface area contributed by atoms with Gasteiger partial charge in [-0.1, -0.05) is 12.1 Å². The first-order valence-electron chi connectivity index (χ1n) is 12.6. The number of hydrogen-bond donors (Lipinski definition) is 1. The van der Waals surface area contributed by atoms with E-state index in [4.69, 9.17) is 15.2 Å². The summed E-state index contributed by atoms with van der Waals surface area (Å²) in [6, 6.07) is 9.05. The van der Waals surface area contributed by atoms with E-state index in [-0.39, 0.29) is 36.7 Å². The molecule has 1 saturated heterocycles. The number of nitrogens with two attached hydrogens (primary N) is 1. The molecular weight excluding hydrogens is 509 g/mol. The van der Waals surface area contributed by atoms with Crippen LogP contribution in [0.5, 0.6) is 11.6 Å². The van der Waals surface area contributed by atoms with Gasteiger partial charge in [0.15, 0.2) is 6.17 Å². The summed E-state index contributed by atoms with van der Waals surface area (Å²) in [5.41, 5.74) is 7.94. The van der Waals surface area contributed by atoms with Gasteiger partial charge < -0.3 is 20.1 Å². The van der Waals surface area contributed by atoms with E-state index in [1.165, 1.54) is 4.90 Å². The third kappa shape index (κ3) is 6.27. The van der Waals surface area contributed by atoms with Crippen LogP contribution in [0, 0.1) is 0 Å². The Morgan fingerprint density at radius 2 is 1.92 bits per heavy atom. The fourth-order valence-corrected chi connectivity index (χ4v) is 4.74. The number of likely N-dealkylation sites (tertiary alicyclic amines) is 1. The third-order valence-corrected chi connectivity index (χ3v) is 7.07. The number of carbonyl (C=O) groups excluding carboxylic acids is 2. The molecule has 11 heteroatoms. The summed E-state index contributed by atoms with van der Waals surface area (Å²) in [7, 11) is 0. The Bertz CT molecular complexity index is 1300. The molecule has 0 spiro atoms. The number of nitrogens with zero attached hydrogens (tertiary/aromatic N) is 4. The zero-order valence-electron chi connectivity index (χ0n) is 21.1. The van der Waals surface area contributed by atoms with Crippen molar-refractivity contribution in [3.63, 3.8) is 0 Å². The largest absolute Gasteiger partial charge is 0.490 e. The number of ether oxygens (including phenoxy) is 2. The minimum Gasteiger partial charge on any atom is -0.490 e. The van der Waals surface area contributed by atoms with Crippen LogP contribution in [0.15, 0.2) is 48.9 Å².